The van der Waals surface area contributed by atoms with Crippen molar-refractivity contribution >= 4 is 17.3 Å². The molecule has 0 aliphatic heterocycles. The van der Waals surface area contributed by atoms with E-state index in [1.807, 2.05) is 11.4 Å². The molecule has 0 fully saturated rings. The molecule has 0 saturated carbocycles. The summed E-state index contributed by atoms with van der Waals surface area (Å²) < 4.78 is 4.56. The molecule has 0 saturated heterocycles. The van der Waals surface area contributed by atoms with E-state index in [1.54, 1.807) is 11.3 Å². The molecular weight excluding hydrogens is 198 g/mol. The Kier molecular flexibility index (Phi) is 4.62. The number of carbonyl (C=O) groups excluding carboxylic acids is 1. The molecule has 0 aliphatic rings. The number of hydrogen-bond acceptors (Lipinski definition) is 4. The van der Waals surface area contributed by atoms with Gasteiger partial charge in [-0.2, -0.15) is 0 Å². The third-order valence-electron chi connectivity index (χ3n) is 2.02. The van der Waals surface area contributed by atoms with Crippen LogP contribution in [-0.4, -0.2) is 19.6 Å². The van der Waals surface area contributed by atoms with E-state index < -0.39 is 0 Å². The van der Waals surface area contributed by atoms with Crippen LogP contribution in [0.1, 0.15) is 24.3 Å². The number of thiophene rings is 1. The minimum absolute atomic E-state index is 0.222. The van der Waals surface area contributed by atoms with E-state index in [2.05, 4.69) is 23.0 Å². The Hall–Kier alpha value is -0.870. The summed E-state index contributed by atoms with van der Waals surface area (Å²) in [7, 11) is 1.40. The number of hydrogen-bond donors (Lipinski definition) is 1. The van der Waals surface area contributed by atoms with Crippen LogP contribution in [-0.2, 0) is 9.53 Å². The standard InChI is InChI=1S/C10H15NO2S/c1-3-8(9-5-4-6-14-9)11-7-10(12)13-2/h4-6,8,11H,3,7H2,1-2H3. The Morgan fingerprint density at radius 1 is 1.71 bits per heavy atom. The maximum atomic E-state index is 10.9. The first-order valence-corrected chi connectivity index (χ1v) is 5.49. The molecule has 1 atom stereocenters. The Bertz CT molecular complexity index is 272. The van der Waals surface area contributed by atoms with Crippen LogP contribution in [0.3, 0.4) is 0 Å². The van der Waals surface area contributed by atoms with Gasteiger partial charge in [-0.1, -0.05) is 13.0 Å². The molecule has 0 amide bonds. The fourth-order valence-corrected chi connectivity index (χ4v) is 2.10. The zero-order chi connectivity index (χ0) is 10.4. The van der Waals surface area contributed by atoms with Crippen LogP contribution < -0.4 is 5.32 Å². The van der Waals surface area contributed by atoms with Crippen molar-refractivity contribution in [2.45, 2.75) is 19.4 Å². The number of esters is 1. The zero-order valence-electron chi connectivity index (χ0n) is 8.45. The van der Waals surface area contributed by atoms with Crippen molar-refractivity contribution in [2.24, 2.45) is 0 Å². The minimum atomic E-state index is -0.222. The number of methoxy groups -OCH3 is 1. The molecule has 1 heterocycles. The summed E-state index contributed by atoms with van der Waals surface area (Å²) >= 11 is 1.70. The lowest BCUT2D eigenvalue weighted by Gasteiger charge is -2.13. The molecular formula is C10H15NO2S. The molecule has 78 valence electrons. The van der Waals surface area contributed by atoms with Gasteiger partial charge in [-0.05, 0) is 17.9 Å². The Morgan fingerprint density at radius 3 is 3.00 bits per heavy atom. The van der Waals surface area contributed by atoms with E-state index in [0.29, 0.717) is 0 Å². The van der Waals surface area contributed by atoms with Crippen molar-refractivity contribution in [2.75, 3.05) is 13.7 Å². The van der Waals surface area contributed by atoms with Gasteiger partial charge in [-0.3, -0.25) is 10.1 Å². The number of ether oxygens (including phenoxy) is 1. The van der Waals surface area contributed by atoms with Gasteiger partial charge in [0, 0.05) is 10.9 Å². The molecule has 1 unspecified atom stereocenters. The summed E-state index contributed by atoms with van der Waals surface area (Å²) in [4.78, 5) is 12.2. The van der Waals surface area contributed by atoms with Gasteiger partial charge in [0.25, 0.3) is 0 Å². The maximum Gasteiger partial charge on any atom is 0.319 e. The molecule has 1 aromatic rings. The van der Waals surface area contributed by atoms with Gasteiger partial charge >= 0.3 is 5.97 Å². The van der Waals surface area contributed by atoms with E-state index >= 15 is 0 Å². The lowest BCUT2D eigenvalue weighted by atomic mass is 10.2. The largest absolute Gasteiger partial charge is 0.468 e. The lowest BCUT2D eigenvalue weighted by Crippen LogP contribution is -2.27. The minimum Gasteiger partial charge on any atom is -0.468 e. The summed E-state index contributed by atoms with van der Waals surface area (Å²) in [5.74, 6) is -0.222. The average molecular weight is 213 g/mol. The van der Waals surface area contributed by atoms with Crippen molar-refractivity contribution in [1.29, 1.82) is 0 Å². The van der Waals surface area contributed by atoms with Gasteiger partial charge in [-0.25, -0.2) is 0 Å². The number of rotatable bonds is 5. The van der Waals surface area contributed by atoms with Gasteiger partial charge in [-0.15, -0.1) is 11.3 Å². The first-order chi connectivity index (χ1) is 6.77. The molecule has 0 bridgehead atoms. The van der Waals surface area contributed by atoms with Crippen molar-refractivity contribution in [3.8, 4) is 0 Å². The number of carbonyl (C=O) groups is 1. The van der Waals surface area contributed by atoms with Gasteiger partial charge < -0.3 is 4.74 Å². The maximum absolute atomic E-state index is 10.9. The van der Waals surface area contributed by atoms with Crippen molar-refractivity contribution in [3.63, 3.8) is 0 Å². The monoisotopic (exact) mass is 213 g/mol. The predicted molar refractivity (Wildman–Crippen MR) is 57.4 cm³/mol. The predicted octanol–water partition coefficient (Wildman–Crippen LogP) is 1.96. The number of nitrogens with one attached hydrogen (secondary N) is 1. The van der Waals surface area contributed by atoms with Crippen molar-refractivity contribution < 1.29 is 9.53 Å². The molecule has 0 spiro atoms. The van der Waals surface area contributed by atoms with E-state index in [1.165, 1.54) is 12.0 Å². The molecule has 1 aromatic heterocycles. The third-order valence-corrected chi connectivity index (χ3v) is 3.00. The topological polar surface area (TPSA) is 38.3 Å². The summed E-state index contributed by atoms with van der Waals surface area (Å²) in [5.41, 5.74) is 0. The third kappa shape index (κ3) is 3.12. The highest BCUT2D eigenvalue weighted by atomic mass is 32.1. The van der Waals surface area contributed by atoms with Gasteiger partial charge in [0.2, 0.25) is 0 Å². The molecule has 1 rings (SSSR count). The van der Waals surface area contributed by atoms with Gasteiger partial charge in [0.05, 0.1) is 13.7 Å². The van der Waals surface area contributed by atoms with Crippen LogP contribution in [0.5, 0.6) is 0 Å². The van der Waals surface area contributed by atoms with Crippen LogP contribution in [0.25, 0.3) is 0 Å². The fourth-order valence-electron chi connectivity index (χ4n) is 1.21. The molecule has 4 heteroatoms. The fraction of sp³-hybridized carbons (Fsp3) is 0.500. The lowest BCUT2D eigenvalue weighted by molar-refractivity contribution is -0.139. The highest BCUT2D eigenvalue weighted by Gasteiger charge is 2.11. The first-order valence-electron chi connectivity index (χ1n) is 4.61. The normalized spacial score (nSPS) is 12.4. The van der Waals surface area contributed by atoms with Gasteiger partial charge in [0.1, 0.15) is 0 Å². The summed E-state index contributed by atoms with van der Waals surface area (Å²) in [6.45, 7) is 2.36. The Morgan fingerprint density at radius 2 is 2.50 bits per heavy atom. The van der Waals surface area contributed by atoms with Crippen molar-refractivity contribution in [1.82, 2.24) is 5.32 Å². The van der Waals surface area contributed by atoms with Crippen LogP contribution in [0.4, 0.5) is 0 Å². The van der Waals surface area contributed by atoms with Crippen LogP contribution in [0, 0.1) is 0 Å². The quantitative estimate of drug-likeness (QED) is 0.760. The molecule has 1 N–H and O–H groups in total. The first kappa shape index (κ1) is 11.2. The van der Waals surface area contributed by atoms with E-state index in [-0.39, 0.29) is 18.6 Å². The molecule has 0 aromatic carbocycles. The summed E-state index contributed by atoms with van der Waals surface area (Å²) in [5, 5.41) is 5.20. The Labute approximate surface area is 88.1 Å². The highest BCUT2D eigenvalue weighted by Crippen LogP contribution is 2.21. The van der Waals surface area contributed by atoms with Crippen molar-refractivity contribution in [3.05, 3.63) is 22.4 Å². The van der Waals surface area contributed by atoms with E-state index in [4.69, 9.17) is 0 Å². The average Bonchev–Trinajstić information content (AvgIpc) is 2.72. The second kappa shape index (κ2) is 5.78. The van der Waals surface area contributed by atoms with E-state index in [0.717, 1.165) is 6.42 Å². The van der Waals surface area contributed by atoms with Gasteiger partial charge in [0.15, 0.2) is 0 Å². The molecule has 0 aliphatic carbocycles. The second-order valence-electron chi connectivity index (χ2n) is 2.93. The van der Waals surface area contributed by atoms with Crippen LogP contribution >= 0.6 is 11.3 Å². The molecule has 0 radical (unpaired) electrons. The smallest absolute Gasteiger partial charge is 0.319 e. The molecule has 14 heavy (non-hydrogen) atoms. The van der Waals surface area contributed by atoms with Crippen LogP contribution in [0.2, 0.25) is 0 Å². The second-order valence-corrected chi connectivity index (χ2v) is 3.91. The molecule has 3 nitrogen and oxygen atoms in total. The zero-order valence-corrected chi connectivity index (χ0v) is 9.26. The van der Waals surface area contributed by atoms with Crippen LogP contribution in [0.15, 0.2) is 17.5 Å². The summed E-state index contributed by atoms with van der Waals surface area (Å²) in [6.07, 6.45) is 0.970. The Balaban J connectivity index is 2.44. The summed E-state index contributed by atoms with van der Waals surface area (Å²) in [6, 6.07) is 4.35. The van der Waals surface area contributed by atoms with E-state index in [9.17, 15) is 4.79 Å². The highest BCUT2D eigenvalue weighted by molar-refractivity contribution is 7.10. The SMILES string of the molecule is CCC(NCC(=O)OC)c1cccs1.